The zero-order chi connectivity index (χ0) is 10.4. The predicted molar refractivity (Wildman–Crippen MR) is 72.2 cm³/mol. The summed E-state index contributed by atoms with van der Waals surface area (Å²) in [6.45, 7) is 3.70. The Morgan fingerprint density at radius 1 is 1.36 bits per heavy atom. The molecule has 14 heavy (non-hydrogen) atoms. The number of likely N-dealkylation sites (N-methyl/N-ethyl adjacent to an activating group) is 1. The monoisotopic (exact) mass is 299 g/mol. The van der Waals surface area contributed by atoms with Crippen LogP contribution < -0.4 is 5.32 Å². The van der Waals surface area contributed by atoms with Crippen LogP contribution in [-0.2, 0) is 0 Å². The van der Waals surface area contributed by atoms with Crippen molar-refractivity contribution in [1.29, 1.82) is 0 Å². The van der Waals surface area contributed by atoms with Crippen molar-refractivity contribution in [2.24, 2.45) is 0 Å². The molecule has 0 saturated heterocycles. The largest absolute Gasteiger partial charge is 0.381 e. The van der Waals surface area contributed by atoms with E-state index in [1.807, 2.05) is 13.1 Å². The van der Waals surface area contributed by atoms with Gasteiger partial charge in [-0.1, -0.05) is 36.9 Å². The third-order valence-electron chi connectivity index (χ3n) is 1.86. The van der Waals surface area contributed by atoms with Crippen molar-refractivity contribution in [3.63, 3.8) is 0 Å². The smallest absolute Gasteiger partial charge is 0.0899 e. The summed E-state index contributed by atoms with van der Waals surface area (Å²) in [6, 6.07) is 10.4. The molecule has 1 N–H and O–H groups in total. The topological polar surface area (TPSA) is 12.0 Å². The van der Waals surface area contributed by atoms with Gasteiger partial charge in [0.25, 0.3) is 0 Å². The highest BCUT2D eigenvalue weighted by molar-refractivity contribution is 14.2. The molecule has 0 heterocycles. The van der Waals surface area contributed by atoms with E-state index in [0.29, 0.717) is 0 Å². The molecule has 0 aromatic heterocycles. The molecule has 0 atom stereocenters. The number of nitrogens with one attached hydrogen (secondary N) is 1. The van der Waals surface area contributed by atoms with Crippen LogP contribution in [0.15, 0.2) is 48.3 Å². The van der Waals surface area contributed by atoms with Gasteiger partial charge < -0.3 is 5.32 Å². The van der Waals surface area contributed by atoms with E-state index in [4.69, 9.17) is 0 Å². The lowest BCUT2D eigenvalue weighted by Crippen LogP contribution is -2.14. The summed E-state index contributed by atoms with van der Waals surface area (Å²) in [5.41, 5.74) is 5.26. The number of alkyl halides is 1. The first kappa shape index (κ1) is 11.2. The predicted octanol–water partition coefficient (Wildman–Crippen LogP) is 2.70. The Bertz CT molecular complexity index is 373. The van der Waals surface area contributed by atoms with Gasteiger partial charge in [-0.25, -0.2) is 0 Å². The quantitative estimate of drug-likeness (QED) is 0.514. The molecular weight excluding hydrogens is 285 g/mol. The highest BCUT2D eigenvalue weighted by atomic mass is 127. The van der Waals surface area contributed by atoms with Gasteiger partial charge in [-0.2, -0.15) is 0 Å². The molecule has 0 bridgehead atoms. The lowest BCUT2D eigenvalue weighted by molar-refractivity contribution is 1.06. The molecule has 0 aliphatic carbocycles. The highest BCUT2D eigenvalue weighted by Crippen LogP contribution is 2.12. The second kappa shape index (κ2) is 5.78. The molecule has 0 radical (unpaired) electrons. The molecule has 1 rings (SSSR count). The van der Waals surface area contributed by atoms with E-state index in [1.54, 1.807) is 0 Å². The van der Waals surface area contributed by atoms with Crippen LogP contribution >= 0.6 is 20.7 Å². The third kappa shape index (κ3) is 2.56. The molecule has 74 valence electrons. The Morgan fingerprint density at radius 2 is 2.00 bits per heavy atom. The summed E-state index contributed by atoms with van der Waals surface area (Å²) in [7, 11) is 1.91. The van der Waals surface area contributed by atoms with Gasteiger partial charge in [0.15, 0.2) is 0 Å². The molecule has 1 aromatic carbocycles. The van der Waals surface area contributed by atoms with E-state index >= 15 is 0 Å². The summed E-state index contributed by atoms with van der Waals surface area (Å²) < 4.78 is 1.36. The van der Waals surface area contributed by atoms with Crippen molar-refractivity contribution < 1.29 is 0 Å². The number of rotatable bonds is 3. The number of hydrogen-bond donors (Lipinski definition) is 1. The van der Waals surface area contributed by atoms with Crippen LogP contribution in [0.25, 0.3) is 0 Å². The maximum atomic E-state index is 3.70. The fraction of sp³-hybridized carbons (Fsp3) is 0.167. The Morgan fingerprint density at radius 3 is 2.43 bits per heavy atom. The van der Waals surface area contributed by atoms with Crippen LogP contribution in [0.2, 0.25) is 0 Å². The molecule has 2 heteroatoms. The average molecular weight is 299 g/mol. The molecule has 0 unspecified atom stereocenters. The van der Waals surface area contributed by atoms with Crippen molar-refractivity contribution in [2.45, 2.75) is 0 Å². The molecule has 0 aliphatic rings. The fourth-order valence-corrected chi connectivity index (χ4v) is 3.19. The van der Waals surface area contributed by atoms with Gasteiger partial charge >= 0.3 is 0 Å². The van der Waals surface area contributed by atoms with Gasteiger partial charge in [-0.05, 0) is 10.5 Å². The summed E-state index contributed by atoms with van der Waals surface area (Å²) in [6.07, 6.45) is 0. The Hall–Kier alpha value is -0.860. The van der Waals surface area contributed by atoms with Gasteiger partial charge in [-0.15, -0.1) is 26.5 Å². The molecule has 1 nitrogen and oxygen atoms in total. The third-order valence-corrected chi connectivity index (χ3v) is 4.10. The van der Waals surface area contributed by atoms with Gasteiger partial charge in [-0.3, -0.25) is 0 Å². The maximum absolute atomic E-state index is 3.70. The molecule has 0 aliphatic heterocycles. The number of halogens is 1. The minimum absolute atomic E-state index is 0.0245. The fourth-order valence-electron chi connectivity index (χ4n) is 1.21. The zero-order valence-electron chi connectivity index (χ0n) is 8.47. The standard InChI is InChI=1S/C12H14IN/c1-4-11(14-3)12(13-2)10-8-6-5-7-9-10/h5-9,14H,1H2,2-3H3. The lowest BCUT2D eigenvalue weighted by Gasteiger charge is -2.08. The van der Waals surface area contributed by atoms with Crippen LogP contribution in [0.5, 0.6) is 0 Å². The Balaban J connectivity index is 3.13. The van der Waals surface area contributed by atoms with E-state index < -0.39 is 0 Å². The molecule has 0 spiro atoms. The highest BCUT2D eigenvalue weighted by Gasteiger charge is 2.04. The van der Waals surface area contributed by atoms with Crippen LogP contribution in [0, 0.1) is 0 Å². The number of benzene rings is 1. The summed E-state index contributed by atoms with van der Waals surface area (Å²) in [5, 5.41) is 3.13. The van der Waals surface area contributed by atoms with Gasteiger partial charge in [0.05, 0.1) is 5.70 Å². The van der Waals surface area contributed by atoms with Crippen molar-refractivity contribution in [3.8, 4) is 0 Å². The summed E-state index contributed by atoms with van der Waals surface area (Å²) >= 11 is 0.0245. The van der Waals surface area contributed by atoms with Crippen molar-refractivity contribution in [3.05, 3.63) is 53.9 Å². The van der Waals surface area contributed by atoms with Crippen LogP contribution in [0.4, 0.5) is 0 Å². The van der Waals surface area contributed by atoms with E-state index in [-0.39, 0.29) is 20.7 Å². The Kier molecular flexibility index (Phi) is 4.63. The van der Waals surface area contributed by atoms with Crippen LogP contribution in [-0.4, -0.2) is 15.5 Å². The molecule has 1 aromatic rings. The molecule has 0 amide bonds. The van der Waals surface area contributed by atoms with Crippen LogP contribution in [0.1, 0.15) is 5.56 Å². The van der Waals surface area contributed by atoms with E-state index in [2.05, 4.69) is 46.8 Å². The van der Waals surface area contributed by atoms with Crippen molar-refractivity contribution >= 4 is 24.2 Å². The second-order valence-corrected chi connectivity index (χ2v) is 4.83. The van der Waals surface area contributed by atoms with Gasteiger partial charge in [0.1, 0.15) is 0 Å². The normalized spacial score (nSPS) is 11.1. The molecule has 0 saturated carbocycles. The number of allylic oxidation sites excluding steroid dienone is 1. The molecular formula is C12H14IN. The lowest BCUT2D eigenvalue weighted by atomic mass is 10.1. The SMILES string of the molecule is C=C=C(NC)C(=IC)c1ccccc1. The minimum atomic E-state index is 0.0245. The average Bonchev–Trinajstić information content (AvgIpc) is 2.27. The summed E-state index contributed by atoms with van der Waals surface area (Å²) in [4.78, 5) is 2.25. The van der Waals surface area contributed by atoms with E-state index in [9.17, 15) is 0 Å². The first-order chi connectivity index (χ1) is 6.83. The second-order valence-electron chi connectivity index (χ2n) is 2.67. The summed E-state index contributed by atoms with van der Waals surface area (Å²) in [5.74, 6) is 0. The van der Waals surface area contributed by atoms with Gasteiger partial charge in [0.2, 0.25) is 0 Å². The van der Waals surface area contributed by atoms with E-state index in [0.717, 1.165) is 5.70 Å². The van der Waals surface area contributed by atoms with Crippen molar-refractivity contribution in [2.75, 3.05) is 12.0 Å². The maximum Gasteiger partial charge on any atom is 0.0899 e. The number of hydrogen-bond acceptors (Lipinski definition) is 1. The van der Waals surface area contributed by atoms with E-state index in [1.165, 1.54) is 9.07 Å². The first-order valence-electron chi connectivity index (χ1n) is 4.33. The zero-order valence-corrected chi connectivity index (χ0v) is 10.6. The van der Waals surface area contributed by atoms with Crippen molar-refractivity contribution in [1.82, 2.24) is 5.32 Å². The first-order valence-corrected chi connectivity index (χ1v) is 7.57. The minimum Gasteiger partial charge on any atom is -0.381 e. The van der Waals surface area contributed by atoms with Crippen LogP contribution in [0.3, 0.4) is 0 Å². The Labute approximate surface area is 95.3 Å². The van der Waals surface area contributed by atoms with Gasteiger partial charge in [0, 0.05) is 10.6 Å². The molecule has 0 fully saturated rings.